The van der Waals surface area contributed by atoms with Crippen LogP contribution in [0.5, 0.6) is 0 Å². The molecular weight excluding hydrogens is 753 g/mol. The van der Waals surface area contributed by atoms with Crippen molar-refractivity contribution in [2.45, 2.75) is 0 Å². The molecule has 0 aliphatic rings. The third-order valence-electron chi connectivity index (χ3n) is 11.7. The zero-order valence-electron chi connectivity index (χ0n) is 31.8. The molecule has 0 aliphatic carbocycles. The van der Waals surface area contributed by atoms with Crippen molar-refractivity contribution in [3.05, 3.63) is 206 Å². The quantitative estimate of drug-likeness (QED) is 0.154. The summed E-state index contributed by atoms with van der Waals surface area (Å²) in [6.07, 6.45) is 0. The van der Waals surface area contributed by atoms with Crippen LogP contribution in [0, 0.1) is 0 Å². The first-order valence-corrected chi connectivity index (χ1v) is 21.6. The van der Waals surface area contributed by atoms with Gasteiger partial charge in [0.1, 0.15) is 0 Å². The Labute approximate surface area is 349 Å². The van der Waals surface area contributed by atoms with Gasteiger partial charge >= 0.3 is 0 Å². The molecule has 12 rings (SSSR count). The molecule has 0 saturated heterocycles. The number of fused-ring (bicyclic) bond motifs is 5. The number of nitrogens with zero attached hydrogens (tertiary/aromatic N) is 2. The maximum atomic E-state index is 5.14. The number of thiophene rings is 2. The van der Waals surface area contributed by atoms with Crippen LogP contribution in [0.2, 0.25) is 0 Å². The fourth-order valence-electron chi connectivity index (χ4n) is 9.04. The first-order chi connectivity index (χ1) is 29.3. The SMILES string of the molecule is c1ccc(-n2c(-c3ccc(-c4ccc(-c5ccc6c(-c7cccc8ccccc78)c7ccccc7c(-c7cccc8ccccc78)c6c5)s4)s3)nc3ccccc32)cc1. The normalized spacial score (nSPS) is 11.7. The molecule has 12 aromatic rings. The van der Waals surface area contributed by atoms with E-state index in [9.17, 15) is 0 Å². The Kier molecular flexibility index (Phi) is 7.93. The van der Waals surface area contributed by atoms with Gasteiger partial charge in [-0.3, -0.25) is 4.57 Å². The van der Waals surface area contributed by atoms with Crippen LogP contribution in [0.3, 0.4) is 0 Å². The number of hydrogen-bond acceptors (Lipinski definition) is 3. The van der Waals surface area contributed by atoms with E-state index < -0.39 is 0 Å². The molecule has 59 heavy (non-hydrogen) atoms. The Morgan fingerprint density at radius 2 is 0.864 bits per heavy atom. The lowest BCUT2D eigenvalue weighted by molar-refractivity contribution is 1.11. The van der Waals surface area contributed by atoms with Gasteiger partial charge < -0.3 is 0 Å². The molecule has 0 radical (unpaired) electrons. The molecule has 0 spiro atoms. The van der Waals surface area contributed by atoms with E-state index in [0.717, 1.165) is 27.4 Å². The molecule has 0 aliphatic heterocycles. The van der Waals surface area contributed by atoms with Crippen LogP contribution < -0.4 is 0 Å². The standard InChI is InChI=1S/C55H34N2S2/c1-2-18-38(19-3-1)57-48-27-11-10-26-47(48)56-55(57)52-33-32-51(59-52)50-31-30-49(58-50)37-28-29-45-46(34-37)54(42-25-13-17-36-15-5-7-21-40(36)42)44-23-9-8-22-43(44)53(45)41-24-12-16-35-14-4-6-20-39(35)41/h1-34H. The average molecular weight is 787 g/mol. The molecule has 2 nitrogen and oxygen atoms in total. The van der Waals surface area contributed by atoms with Crippen LogP contribution >= 0.6 is 22.7 Å². The van der Waals surface area contributed by atoms with Gasteiger partial charge in [-0.1, -0.05) is 152 Å². The fourth-order valence-corrected chi connectivity index (χ4v) is 11.1. The summed E-state index contributed by atoms with van der Waals surface area (Å²) >= 11 is 3.66. The van der Waals surface area contributed by atoms with Crippen LogP contribution in [-0.4, -0.2) is 9.55 Å². The number of benzene rings is 9. The van der Waals surface area contributed by atoms with Gasteiger partial charge in [-0.2, -0.15) is 0 Å². The van der Waals surface area contributed by atoms with E-state index in [1.165, 1.54) is 85.5 Å². The van der Waals surface area contributed by atoms with E-state index in [4.69, 9.17) is 4.98 Å². The number of rotatable bonds is 6. The third kappa shape index (κ3) is 5.56. The molecule has 0 fully saturated rings. The molecule has 0 amide bonds. The van der Waals surface area contributed by atoms with Crippen molar-refractivity contribution < 1.29 is 0 Å². The lowest BCUT2D eigenvalue weighted by Gasteiger charge is -2.20. The molecule has 9 aromatic carbocycles. The Morgan fingerprint density at radius 1 is 0.356 bits per heavy atom. The highest BCUT2D eigenvalue weighted by Crippen LogP contribution is 2.48. The van der Waals surface area contributed by atoms with Crippen LogP contribution in [0.4, 0.5) is 0 Å². The Hall–Kier alpha value is -7.11. The first-order valence-electron chi connectivity index (χ1n) is 20.0. The molecule has 4 heteroatoms. The van der Waals surface area contributed by atoms with E-state index in [0.29, 0.717) is 0 Å². The fraction of sp³-hybridized carbons (Fsp3) is 0. The Balaban J connectivity index is 1.04. The lowest BCUT2D eigenvalue weighted by atomic mass is 9.83. The second kappa shape index (κ2) is 13.8. The minimum atomic E-state index is 0.968. The second-order valence-corrected chi connectivity index (χ2v) is 17.2. The monoisotopic (exact) mass is 786 g/mol. The maximum absolute atomic E-state index is 5.14. The Bertz CT molecular complexity index is 3560. The summed E-state index contributed by atoms with van der Waals surface area (Å²) in [5.41, 5.74) is 9.51. The molecule has 3 heterocycles. The predicted octanol–water partition coefficient (Wildman–Crippen LogP) is 16.1. The maximum Gasteiger partial charge on any atom is 0.155 e. The second-order valence-electron chi connectivity index (χ2n) is 15.0. The number of aromatic nitrogens is 2. The molecule has 0 N–H and O–H groups in total. The van der Waals surface area contributed by atoms with Crippen LogP contribution in [0.25, 0.3) is 113 Å². The van der Waals surface area contributed by atoms with Gasteiger partial charge in [0.2, 0.25) is 0 Å². The van der Waals surface area contributed by atoms with Gasteiger partial charge in [-0.15, -0.1) is 22.7 Å². The highest BCUT2D eigenvalue weighted by molar-refractivity contribution is 7.25. The summed E-state index contributed by atoms with van der Waals surface area (Å²) in [7, 11) is 0. The highest BCUT2D eigenvalue weighted by atomic mass is 32.1. The molecular formula is C55H34N2S2. The summed E-state index contributed by atoms with van der Waals surface area (Å²) in [6, 6.07) is 75.2. The molecule has 0 unspecified atom stereocenters. The van der Waals surface area contributed by atoms with Gasteiger partial charge in [0.25, 0.3) is 0 Å². The molecule has 0 saturated carbocycles. The van der Waals surface area contributed by atoms with E-state index in [2.05, 4.69) is 211 Å². The van der Waals surface area contributed by atoms with E-state index >= 15 is 0 Å². The van der Waals surface area contributed by atoms with Crippen molar-refractivity contribution in [3.8, 4) is 58.8 Å². The van der Waals surface area contributed by atoms with Gasteiger partial charge in [0, 0.05) is 20.3 Å². The van der Waals surface area contributed by atoms with Crippen molar-refractivity contribution in [1.29, 1.82) is 0 Å². The largest absolute Gasteiger partial charge is 0.292 e. The van der Waals surface area contributed by atoms with E-state index in [-0.39, 0.29) is 0 Å². The van der Waals surface area contributed by atoms with Crippen LogP contribution in [0.15, 0.2) is 206 Å². The minimum Gasteiger partial charge on any atom is -0.292 e. The molecule has 276 valence electrons. The van der Waals surface area contributed by atoms with Crippen molar-refractivity contribution in [1.82, 2.24) is 9.55 Å². The van der Waals surface area contributed by atoms with Crippen LogP contribution in [-0.2, 0) is 0 Å². The highest BCUT2D eigenvalue weighted by Gasteiger charge is 2.21. The zero-order valence-corrected chi connectivity index (χ0v) is 33.5. The zero-order chi connectivity index (χ0) is 38.9. The van der Waals surface area contributed by atoms with Gasteiger partial charge in [0.05, 0.1) is 15.9 Å². The van der Waals surface area contributed by atoms with Crippen molar-refractivity contribution in [2.24, 2.45) is 0 Å². The smallest absolute Gasteiger partial charge is 0.155 e. The topological polar surface area (TPSA) is 17.8 Å². The summed E-state index contributed by atoms with van der Waals surface area (Å²) in [5, 5.41) is 10.1. The van der Waals surface area contributed by atoms with Crippen molar-refractivity contribution in [2.75, 3.05) is 0 Å². The summed E-state index contributed by atoms with van der Waals surface area (Å²) in [6.45, 7) is 0. The lowest BCUT2D eigenvalue weighted by Crippen LogP contribution is -1.95. The predicted molar refractivity (Wildman–Crippen MR) is 254 cm³/mol. The minimum absolute atomic E-state index is 0.968. The Morgan fingerprint density at radius 3 is 1.56 bits per heavy atom. The molecule has 3 aromatic heterocycles. The number of imidazole rings is 1. The first kappa shape index (κ1) is 34.0. The van der Waals surface area contributed by atoms with Crippen molar-refractivity contribution >= 4 is 76.8 Å². The third-order valence-corrected chi connectivity index (χ3v) is 14.1. The van der Waals surface area contributed by atoms with E-state index in [1.54, 1.807) is 11.3 Å². The summed E-state index contributed by atoms with van der Waals surface area (Å²) < 4.78 is 2.28. The number of hydrogen-bond donors (Lipinski definition) is 0. The van der Waals surface area contributed by atoms with Gasteiger partial charge in [0.15, 0.2) is 5.82 Å². The number of para-hydroxylation sites is 3. The van der Waals surface area contributed by atoms with Gasteiger partial charge in [-0.25, -0.2) is 4.98 Å². The average Bonchev–Trinajstić information content (AvgIpc) is 4.08. The molecule has 0 bridgehead atoms. The van der Waals surface area contributed by atoms with E-state index in [1.807, 2.05) is 11.3 Å². The van der Waals surface area contributed by atoms with Crippen molar-refractivity contribution in [3.63, 3.8) is 0 Å². The summed E-state index contributed by atoms with van der Waals surface area (Å²) in [4.78, 5) is 10.0. The van der Waals surface area contributed by atoms with Gasteiger partial charge in [-0.05, 0) is 126 Å². The summed E-state index contributed by atoms with van der Waals surface area (Å²) in [5.74, 6) is 0.968. The molecule has 0 atom stereocenters. The van der Waals surface area contributed by atoms with Crippen LogP contribution in [0.1, 0.15) is 0 Å².